The van der Waals surface area contributed by atoms with Crippen LogP contribution in [0.25, 0.3) is 11.1 Å². The maximum Gasteiger partial charge on any atom is -1.00 e. The van der Waals surface area contributed by atoms with Crippen molar-refractivity contribution in [1.82, 2.24) is 0 Å². The van der Waals surface area contributed by atoms with Crippen molar-refractivity contribution in [1.29, 1.82) is 0 Å². The van der Waals surface area contributed by atoms with Gasteiger partial charge in [0.05, 0.1) is 0 Å². The van der Waals surface area contributed by atoms with E-state index in [0.29, 0.717) is 0 Å². The molecule has 0 saturated carbocycles. The van der Waals surface area contributed by atoms with Crippen molar-refractivity contribution in [2.45, 2.75) is 30.4 Å². The molecule has 24 heavy (non-hydrogen) atoms. The van der Waals surface area contributed by atoms with E-state index in [4.69, 9.17) is 0 Å². The van der Waals surface area contributed by atoms with Crippen LogP contribution < -0.4 is 28.1 Å². The van der Waals surface area contributed by atoms with Gasteiger partial charge in [0.2, 0.25) is 0 Å². The van der Waals surface area contributed by atoms with E-state index in [2.05, 4.69) is 74.5 Å². The van der Waals surface area contributed by atoms with Crippen LogP contribution in [-0.2, 0) is 27.9 Å². The molecule has 0 amide bonds. The molecule has 0 unspecified atom stereocenters. The Morgan fingerprint density at radius 2 is 1.67 bits per heavy atom. The molecule has 2 aliphatic rings. The van der Waals surface area contributed by atoms with Gasteiger partial charge in [0.15, 0.2) is 0 Å². The number of halogens is 2. The van der Waals surface area contributed by atoms with Crippen LogP contribution in [0.3, 0.4) is 0 Å². The second-order valence-corrected chi connectivity index (χ2v) is 17.9. The fraction of sp³-hybridized carbons (Fsp3) is 0.238. The van der Waals surface area contributed by atoms with Gasteiger partial charge in [-0.15, -0.1) is 0 Å². The largest absolute Gasteiger partial charge is 1.00 e. The molecule has 0 radical (unpaired) electrons. The molecule has 0 spiro atoms. The standard InChI is InChI=1S/C13H9.C5H5.C3H7.2ClH.Hf/c1-3-7-12-10(5-1)9-11-6-2-4-8-13(11)12;1-2-4-5-3-1;1-3-2;;;/h1-5,7-8H,9H2;1-3H,4H2;3H,1-2H3;2*1H;/q;;;;;+2/p-2. The first-order valence-electron chi connectivity index (χ1n) is 8.19. The third-order valence-corrected chi connectivity index (χ3v) is 16.6. The second kappa shape index (κ2) is 8.17. The maximum absolute atomic E-state index is 2.45. The van der Waals surface area contributed by atoms with Crippen LogP contribution in [0.15, 0.2) is 64.0 Å². The SMILES string of the molecule is C[CH](C)[Hf+2]([C]1=CC=CC1)[c]1cccc2c1Cc1ccccc1-2.[Cl-].[Cl-]. The van der Waals surface area contributed by atoms with Crippen LogP contribution in [0.5, 0.6) is 0 Å². The van der Waals surface area contributed by atoms with Gasteiger partial charge in [-0.3, -0.25) is 0 Å². The Labute approximate surface area is 165 Å². The van der Waals surface area contributed by atoms with E-state index in [1.807, 2.05) is 0 Å². The first-order chi connectivity index (χ1) is 10.8. The van der Waals surface area contributed by atoms with E-state index in [-0.39, 0.29) is 24.8 Å². The van der Waals surface area contributed by atoms with Gasteiger partial charge in [0.25, 0.3) is 0 Å². The summed E-state index contributed by atoms with van der Waals surface area (Å²) in [5.41, 5.74) is 6.13. The Morgan fingerprint density at radius 1 is 0.917 bits per heavy atom. The van der Waals surface area contributed by atoms with E-state index in [1.165, 1.54) is 23.1 Å². The quantitative estimate of drug-likeness (QED) is 0.395. The minimum atomic E-state index is -1.97. The summed E-state index contributed by atoms with van der Waals surface area (Å²) in [6, 6.07) is 16.0. The molecule has 0 nitrogen and oxygen atoms in total. The van der Waals surface area contributed by atoms with Gasteiger partial charge >= 0.3 is 141 Å². The third kappa shape index (κ3) is 3.36. The van der Waals surface area contributed by atoms with Crippen molar-refractivity contribution in [3.8, 4) is 11.1 Å². The molecule has 0 atom stereocenters. The summed E-state index contributed by atoms with van der Waals surface area (Å²) in [5, 5.41) is 0. The summed E-state index contributed by atoms with van der Waals surface area (Å²) >= 11 is -1.97. The fourth-order valence-corrected chi connectivity index (χ4v) is 15.2. The molecule has 0 aromatic heterocycles. The zero-order chi connectivity index (χ0) is 15.1. The van der Waals surface area contributed by atoms with Crippen molar-refractivity contribution in [3.63, 3.8) is 0 Å². The summed E-state index contributed by atoms with van der Waals surface area (Å²) in [5.74, 6) is 0. The minimum absolute atomic E-state index is 0. The summed E-state index contributed by atoms with van der Waals surface area (Å²) in [6.07, 6.45) is 9.37. The molecular weight excluding hydrogens is 502 g/mol. The van der Waals surface area contributed by atoms with Crippen molar-refractivity contribution in [2.75, 3.05) is 0 Å². The first kappa shape index (κ1) is 19.7. The van der Waals surface area contributed by atoms with Crippen molar-refractivity contribution < 1.29 is 46.3 Å². The molecule has 4 rings (SSSR count). The molecule has 0 fully saturated rings. The number of benzene rings is 2. The zero-order valence-electron chi connectivity index (χ0n) is 14.0. The first-order valence-corrected chi connectivity index (χ1v) is 13.9. The number of hydrogen-bond donors (Lipinski definition) is 0. The zero-order valence-corrected chi connectivity index (χ0v) is 19.1. The fourth-order valence-electron chi connectivity index (χ4n) is 3.91. The van der Waals surface area contributed by atoms with Gasteiger partial charge in [0, 0.05) is 0 Å². The molecule has 123 valence electrons. The van der Waals surface area contributed by atoms with Crippen LogP contribution in [-0.4, -0.2) is 0 Å². The van der Waals surface area contributed by atoms with Gasteiger partial charge in [0.1, 0.15) is 0 Å². The van der Waals surface area contributed by atoms with Gasteiger partial charge in [-0.2, -0.15) is 0 Å². The number of fused-ring (bicyclic) bond motifs is 3. The van der Waals surface area contributed by atoms with Gasteiger partial charge in [-0.1, -0.05) is 0 Å². The monoisotopic (exact) mass is 523 g/mol. The van der Waals surface area contributed by atoms with Gasteiger partial charge in [-0.05, 0) is 0 Å². The summed E-state index contributed by atoms with van der Waals surface area (Å²) in [7, 11) is 0. The van der Waals surface area contributed by atoms with Crippen LogP contribution in [0, 0.1) is 0 Å². The Morgan fingerprint density at radius 3 is 2.38 bits per heavy atom. The summed E-state index contributed by atoms with van der Waals surface area (Å²) in [6.45, 7) is 4.89. The second-order valence-electron chi connectivity index (χ2n) is 6.56. The van der Waals surface area contributed by atoms with E-state index < -0.39 is 21.4 Å². The summed E-state index contributed by atoms with van der Waals surface area (Å²) in [4.78, 5) is 0. The van der Waals surface area contributed by atoms with Crippen LogP contribution in [0.2, 0.25) is 3.67 Å². The van der Waals surface area contributed by atoms with E-state index in [9.17, 15) is 0 Å². The Balaban J connectivity index is 0.00000104. The molecule has 0 aliphatic heterocycles. The molecule has 3 heteroatoms. The number of allylic oxidation sites excluding steroid dienone is 4. The average Bonchev–Trinajstić information content (AvgIpc) is 3.15. The third-order valence-electron chi connectivity index (χ3n) is 4.84. The van der Waals surface area contributed by atoms with E-state index in [0.717, 1.165) is 10.1 Å². The van der Waals surface area contributed by atoms with Crippen LogP contribution >= 0.6 is 0 Å². The van der Waals surface area contributed by atoms with E-state index >= 15 is 0 Å². The number of rotatable bonds is 3. The molecular formula is C21H21Cl2Hf. The van der Waals surface area contributed by atoms with Gasteiger partial charge < -0.3 is 24.8 Å². The minimum Gasteiger partial charge on any atom is -1.00 e. The molecule has 2 aliphatic carbocycles. The van der Waals surface area contributed by atoms with Crippen LogP contribution in [0.4, 0.5) is 0 Å². The molecule has 0 N–H and O–H groups in total. The van der Waals surface area contributed by atoms with Crippen molar-refractivity contribution >= 4 is 3.32 Å². The topological polar surface area (TPSA) is 0 Å². The van der Waals surface area contributed by atoms with Crippen LogP contribution in [0.1, 0.15) is 31.4 Å². The maximum atomic E-state index is 2.45. The molecule has 0 heterocycles. The summed E-state index contributed by atoms with van der Waals surface area (Å²) < 4.78 is 4.37. The Hall–Kier alpha value is -0.630. The van der Waals surface area contributed by atoms with Crippen molar-refractivity contribution in [3.05, 3.63) is 75.1 Å². The normalized spacial score (nSPS) is 13.7. The molecule has 0 bridgehead atoms. The molecule has 0 saturated heterocycles. The van der Waals surface area contributed by atoms with Gasteiger partial charge in [-0.25, -0.2) is 0 Å². The smallest absolute Gasteiger partial charge is 1.00 e. The molecule has 2 aromatic carbocycles. The Kier molecular flexibility index (Phi) is 6.70. The predicted octanol–water partition coefficient (Wildman–Crippen LogP) is -0.819. The molecule has 2 aromatic rings. The van der Waals surface area contributed by atoms with E-state index in [1.54, 1.807) is 12.2 Å². The van der Waals surface area contributed by atoms with Crippen molar-refractivity contribution in [2.24, 2.45) is 0 Å². The Bertz CT molecular complexity index is 790. The number of hydrogen-bond acceptors (Lipinski definition) is 0. The predicted molar refractivity (Wildman–Crippen MR) is 91.3 cm³/mol. The average molecular weight is 523 g/mol.